The molecule has 0 atom stereocenters. The summed E-state index contributed by atoms with van der Waals surface area (Å²) >= 11 is 0. The molecule has 1 saturated heterocycles. The van der Waals surface area contributed by atoms with Crippen LogP contribution >= 0.6 is 0 Å². The molecule has 2 aromatic rings. The molecule has 1 fully saturated rings. The van der Waals surface area contributed by atoms with Crippen molar-refractivity contribution in [2.24, 2.45) is 0 Å². The van der Waals surface area contributed by atoms with Crippen molar-refractivity contribution in [3.05, 3.63) is 53.9 Å². The van der Waals surface area contributed by atoms with Crippen molar-refractivity contribution < 1.29 is 4.74 Å². The largest absolute Gasteiger partial charge is 0.481 e. The van der Waals surface area contributed by atoms with E-state index in [0.29, 0.717) is 29.0 Å². The van der Waals surface area contributed by atoms with E-state index in [1.807, 2.05) is 12.1 Å². The minimum absolute atomic E-state index is 0.460. The van der Waals surface area contributed by atoms with E-state index in [0.717, 1.165) is 31.6 Å². The molecule has 3 heterocycles. The predicted octanol–water partition coefficient (Wildman–Crippen LogP) is 3.81. The van der Waals surface area contributed by atoms with Gasteiger partial charge in [0.25, 0.3) is 0 Å². The average molecular weight is 349 g/mol. The van der Waals surface area contributed by atoms with Gasteiger partial charge in [0.1, 0.15) is 11.6 Å². The Kier molecular flexibility index (Phi) is 5.37. The Morgan fingerprint density at radius 3 is 2.73 bits per heavy atom. The zero-order valence-electron chi connectivity index (χ0n) is 15.2. The lowest BCUT2D eigenvalue weighted by Crippen LogP contribution is -2.31. The van der Waals surface area contributed by atoms with Gasteiger partial charge in [0.15, 0.2) is 0 Å². The second-order valence-corrected chi connectivity index (χ2v) is 6.49. The number of allylic oxidation sites excluding steroid dienone is 1. The second kappa shape index (κ2) is 7.87. The molecule has 2 aromatic heterocycles. The van der Waals surface area contributed by atoms with Gasteiger partial charge in [-0.2, -0.15) is 10.2 Å². The number of nitrogens with one attached hydrogen (secondary N) is 1. The summed E-state index contributed by atoms with van der Waals surface area (Å²) in [6.45, 7) is 8.12. The van der Waals surface area contributed by atoms with E-state index in [-0.39, 0.29) is 0 Å². The summed E-state index contributed by atoms with van der Waals surface area (Å²) in [5, 5.41) is 12.2. The van der Waals surface area contributed by atoms with E-state index in [2.05, 4.69) is 39.8 Å². The summed E-state index contributed by atoms with van der Waals surface area (Å²) in [6.07, 6.45) is 3.75. The third-order valence-electron chi connectivity index (χ3n) is 4.68. The molecule has 6 heteroatoms. The smallest absolute Gasteiger partial charge is 0.215 e. The molecule has 1 aliphatic heterocycles. The molecule has 0 bridgehead atoms. The van der Waals surface area contributed by atoms with Gasteiger partial charge in [0.2, 0.25) is 5.88 Å². The molecular formula is C20H23N5O. The SMILES string of the molecule is C=C(C)N1CCC(c2cc(Nc3cc(C#N)ccn3)nc(OC)c2)CC1. The van der Waals surface area contributed by atoms with Crippen LogP contribution in [0.4, 0.5) is 11.6 Å². The van der Waals surface area contributed by atoms with E-state index in [1.54, 1.807) is 25.4 Å². The van der Waals surface area contributed by atoms with E-state index in [4.69, 9.17) is 10.00 Å². The monoisotopic (exact) mass is 349 g/mol. The molecule has 134 valence electrons. The Labute approximate surface area is 154 Å². The molecule has 0 amide bonds. The summed E-state index contributed by atoms with van der Waals surface area (Å²) in [5.41, 5.74) is 2.89. The number of aromatic nitrogens is 2. The molecule has 0 radical (unpaired) electrons. The number of nitriles is 1. The minimum Gasteiger partial charge on any atom is -0.481 e. The summed E-state index contributed by atoms with van der Waals surface area (Å²) in [6, 6.07) is 9.54. The molecule has 0 aromatic carbocycles. The molecule has 26 heavy (non-hydrogen) atoms. The van der Waals surface area contributed by atoms with Gasteiger partial charge in [-0.05, 0) is 49.4 Å². The number of pyridine rings is 2. The second-order valence-electron chi connectivity index (χ2n) is 6.49. The maximum absolute atomic E-state index is 9.03. The quantitative estimate of drug-likeness (QED) is 0.885. The highest BCUT2D eigenvalue weighted by atomic mass is 16.5. The fourth-order valence-electron chi connectivity index (χ4n) is 3.22. The summed E-state index contributed by atoms with van der Waals surface area (Å²) in [5.74, 6) is 2.29. The first-order valence-electron chi connectivity index (χ1n) is 8.68. The van der Waals surface area contributed by atoms with Gasteiger partial charge in [0, 0.05) is 31.0 Å². The van der Waals surface area contributed by atoms with Crippen molar-refractivity contribution in [3.8, 4) is 11.9 Å². The molecule has 1 N–H and O–H groups in total. The number of rotatable bonds is 5. The van der Waals surface area contributed by atoms with E-state index in [1.165, 1.54) is 5.56 Å². The molecule has 3 rings (SSSR count). The normalized spacial score (nSPS) is 14.6. The number of likely N-dealkylation sites (tertiary alicyclic amines) is 1. The average Bonchev–Trinajstić information content (AvgIpc) is 2.68. The molecule has 0 spiro atoms. The van der Waals surface area contributed by atoms with Crippen molar-refractivity contribution in [1.82, 2.24) is 14.9 Å². The van der Waals surface area contributed by atoms with Gasteiger partial charge in [-0.1, -0.05) is 6.58 Å². The maximum Gasteiger partial charge on any atom is 0.215 e. The van der Waals surface area contributed by atoms with Crippen molar-refractivity contribution >= 4 is 11.6 Å². The Balaban J connectivity index is 1.80. The van der Waals surface area contributed by atoms with Crippen LogP contribution in [0.15, 0.2) is 42.7 Å². The standard InChI is InChI=1S/C20H23N5O/c1-14(2)25-8-5-16(6-9-25)17-11-19(24-20(12-17)26-3)23-18-10-15(13-21)4-7-22-18/h4,7,10-12,16H,1,5-6,8-9H2,2-3H3,(H,22,23,24). The van der Waals surface area contributed by atoms with E-state index in [9.17, 15) is 0 Å². The molecule has 0 unspecified atom stereocenters. The molecule has 1 aliphatic rings. The van der Waals surface area contributed by atoms with Gasteiger partial charge in [-0.25, -0.2) is 4.98 Å². The van der Waals surface area contributed by atoms with Crippen LogP contribution < -0.4 is 10.1 Å². The summed E-state index contributed by atoms with van der Waals surface area (Å²) in [7, 11) is 1.62. The van der Waals surface area contributed by atoms with Crippen molar-refractivity contribution in [2.45, 2.75) is 25.7 Å². The van der Waals surface area contributed by atoms with Gasteiger partial charge in [-0.15, -0.1) is 0 Å². The fraction of sp³-hybridized carbons (Fsp3) is 0.350. The predicted molar refractivity (Wildman–Crippen MR) is 101 cm³/mol. The van der Waals surface area contributed by atoms with Crippen molar-refractivity contribution in [3.63, 3.8) is 0 Å². The molecule has 0 saturated carbocycles. The highest BCUT2D eigenvalue weighted by Crippen LogP contribution is 2.32. The van der Waals surface area contributed by atoms with Crippen molar-refractivity contribution in [1.29, 1.82) is 5.26 Å². The van der Waals surface area contributed by atoms with Gasteiger partial charge < -0.3 is 15.0 Å². The van der Waals surface area contributed by atoms with Crippen LogP contribution in [-0.4, -0.2) is 35.1 Å². The minimum atomic E-state index is 0.460. The number of methoxy groups -OCH3 is 1. The van der Waals surface area contributed by atoms with Gasteiger partial charge in [0.05, 0.1) is 18.7 Å². The summed E-state index contributed by atoms with van der Waals surface area (Å²) in [4.78, 5) is 11.0. The molecular weight excluding hydrogens is 326 g/mol. The Morgan fingerprint density at radius 2 is 2.08 bits per heavy atom. The van der Waals surface area contributed by atoms with Crippen molar-refractivity contribution in [2.75, 3.05) is 25.5 Å². The maximum atomic E-state index is 9.03. The van der Waals surface area contributed by atoms with Gasteiger partial charge in [-0.3, -0.25) is 0 Å². The fourth-order valence-corrected chi connectivity index (χ4v) is 3.22. The van der Waals surface area contributed by atoms with Crippen LogP contribution in [0.3, 0.4) is 0 Å². The first-order chi connectivity index (χ1) is 12.6. The lowest BCUT2D eigenvalue weighted by molar-refractivity contribution is 0.264. The van der Waals surface area contributed by atoms with Crippen LogP contribution in [0.2, 0.25) is 0 Å². The topological polar surface area (TPSA) is 74.1 Å². The zero-order valence-corrected chi connectivity index (χ0v) is 15.2. The first-order valence-corrected chi connectivity index (χ1v) is 8.68. The lowest BCUT2D eigenvalue weighted by Gasteiger charge is -2.34. The highest BCUT2D eigenvalue weighted by molar-refractivity contribution is 5.55. The third kappa shape index (κ3) is 4.12. The number of hydrogen-bond acceptors (Lipinski definition) is 6. The third-order valence-corrected chi connectivity index (χ3v) is 4.68. The number of ether oxygens (including phenoxy) is 1. The zero-order chi connectivity index (χ0) is 18.5. The molecule has 0 aliphatic carbocycles. The molecule has 6 nitrogen and oxygen atoms in total. The number of hydrogen-bond donors (Lipinski definition) is 1. The Hall–Kier alpha value is -3.07. The number of anilines is 2. The number of piperidine rings is 1. The Bertz CT molecular complexity index is 834. The summed E-state index contributed by atoms with van der Waals surface area (Å²) < 4.78 is 5.38. The van der Waals surface area contributed by atoms with Crippen LogP contribution in [0.25, 0.3) is 0 Å². The number of nitrogens with zero attached hydrogens (tertiary/aromatic N) is 4. The van der Waals surface area contributed by atoms with Gasteiger partial charge >= 0.3 is 0 Å². The Morgan fingerprint density at radius 1 is 1.31 bits per heavy atom. The highest BCUT2D eigenvalue weighted by Gasteiger charge is 2.21. The van der Waals surface area contributed by atoms with E-state index >= 15 is 0 Å². The van der Waals surface area contributed by atoms with Crippen LogP contribution in [0, 0.1) is 11.3 Å². The van der Waals surface area contributed by atoms with Crippen LogP contribution in [0.5, 0.6) is 5.88 Å². The first kappa shape index (κ1) is 17.7. The lowest BCUT2D eigenvalue weighted by atomic mass is 9.89. The van der Waals surface area contributed by atoms with E-state index < -0.39 is 0 Å². The van der Waals surface area contributed by atoms with Crippen LogP contribution in [-0.2, 0) is 0 Å². The van der Waals surface area contributed by atoms with Crippen LogP contribution in [0.1, 0.15) is 36.8 Å².